The summed E-state index contributed by atoms with van der Waals surface area (Å²) < 4.78 is 13.6. The van der Waals surface area contributed by atoms with E-state index in [1.165, 1.54) is 10.7 Å². The van der Waals surface area contributed by atoms with Gasteiger partial charge in [0.25, 0.3) is 11.5 Å². The Balaban J connectivity index is 1.36. The maximum absolute atomic E-state index is 13.0. The van der Waals surface area contributed by atoms with E-state index in [0.29, 0.717) is 46.5 Å². The summed E-state index contributed by atoms with van der Waals surface area (Å²) in [6, 6.07) is 13.8. The van der Waals surface area contributed by atoms with Gasteiger partial charge in [0.05, 0.1) is 6.20 Å². The second kappa shape index (κ2) is 7.85. The zero-order valence-corrected chi connectivity index (χ0v) is 18.2. The summed E-state index contributed by atoms with van der Waals surface area (Å²) in [5.74, 6) is 0.559. The van der Waals surface area contributed by atoms with Crippen molar-refractivity contribution in [1.29, 1.82) is 0 Å². The highest BCUT2D eigenvalue weighted by Gasteiger charge is 2.18. The number of amides is 1. The highest BCUT2D eigenvalue weighted by molar-refractivity contribution is 6.30. The van der Waals surface area contributed by atoms with Crippen LogP contribution in [0.25, 0.3) is 27.8 Å². The van der Waals surface area contributed by atoms with Gasteiger partial charge in [-0.1, -0.05) is 23.7 Å². The summed E-state index contributed by atoms with van der Waals surface area (Å²) in [7, 11) is 0. The van der Waals surface area contributed by atoms with Gasteiger partial charge in [0, 0.05) is 22.3 Å². The summed E-state index contributed by atoms with van der Waals surface area (Å²) >= 11 is 6.11. The maximum atomic E-state index is 13.0. The average molecular weight is 475 g/mol. The van der Waals surface area contributed by atoms with Crippen LogP contribution in [0.15, 0.2) is 65.7 Å². The standard InChI is InChI=1S/C23H15ClN6O4/c24-15-3-1-2-13(10-15)16-12-25-30-17-6-7-29(23(32)20(17)26-27-21(16)30)28-22(31)14-4-5-18-19(11-14)34-9-8-33-18/h1-7,10-12H,8-9H2,(H,28,31). The molecular formula is C23H15ClN6O4. The van der Waals surface area contributed by atoms with Gasteiger partial charge in [-0.15, -0.1) is 10.2 Å². The minimum Gasteiger partial charge on any atom is -0.486 e. The van der Waals surface area contributed by atoms with Crippen molar-refractivity contribution in [3.05, 3.63) is 81.9 Å². The number of carbonyl (C=O) groups is 1. The Hall–Kier alpha value is -4.44. The third kappa shape index (κ3) is 3.32. The van der Waals surface area contributed by atoms with E-state index in [2.05, 4.69) is 20.7 Å². The third-order valence-electron chi connectivity index (χ3n) is 5.42. The molecular weight excluding hydrogens is 460 g/mol. The predicted molar refractivity (Wildman–Crippen MR) is 124 cm³/mol. The van der Waals surface area contributed by atoms with Crippen molar-refractivity contribution in [3.8, 4) is 22.6 Å². The lowest BCUT2D eigenvalue weighted by Crippen LogP contribution is -2.33. The fourth-order valence-corrected chi connectivity index (χ4v) is 3.99. The fourth-order valence-electron chi connectivity index (χ4n) is 3.80. The third-order valence-corrected chi connectivity index (χ3v) is 5.66. The fraction of sp³-hybridized carbons (Fsp3) is 0.0870. The number of benzene rings is 2. The number of aromatic nitrogens is 5. The number of ether oxygens (including phenoxy) is 2. The molecule has 11 heteroatoms. The first-order valence-electron chi connectivity index (χ1n) is 10.3. The van der Waals surface area contributed by atoms with Crippen molar-refractivity contribution in [1.82, 2.24) is 24.5 Å². The van der Waals surface area contributed by atoms with E-state index < -0.39 is 11.5 Å². The monoisotopic (exact) mass is 474 g/mol. The van der Waals surface area contributed by atoms with Gasteiger partial charge in [0.2, 0.25) is 0 Å². The van der Waals surface area contributed by atoms with Crippen LogP contribution >= 0.6 is 11.6 Å². The zero-order valence-electron chi connectivity index (χ0n) is 17.4. The van der Waals surface area contributed by atoms with E-state index in [1.807, 2.05) is 12.1 Å². The number of nitrogens with zero attached hydrogens (tertiary/aromatic N) is 5. The van der Waals surface area contributed by atoms with Crippen LogP contribution in [0, 0.1) is 0 Å². The Kier molecular flexibility index (Phi) is 4.66. The summed E-state index contributed by atoms with van der Waals surface area (Å²) in [6.45, 7) is 0.859. The van der Waals surface area contributed by atoms with Crippen LogP contribution in [0.5, 0.6) is 11.5 Å². The summed E-state index contributed by atoms with van der Waals surface area (Å²) in [5.41, 5.74) is 4.88. The molecule has 0 fully saturated rings. The number of rotatable bonds is 3. The number of nitrogens with one attached hydrogen (secondary N) is 1. The Morgan fingerprint density at radius 3 is 2.74 bits per heavy atom. The van der Waals surface area contributed by atoms with Crippen molar-refractivity contribution in [2.45, 2.75) is 0 Å². The van der Waals surface area contributed by atoms with Gasteiger partial charge in [-0.3, -0.25) is 15.0 Å². The zero-order chi connectivity index (χ0) is 23.2. The molecule has 0 radical (unpaired) electrons. The lowest BCUT2D eigenvalue weighted by atomic mass is 10.1. The Morgan fingerprint density at radius 2 is 1.88 bits per heavy atom. The largest absolute Gasteiger partial charge is 0.486 e. The molecule has 1 aliphatic heterocycles. The van der Waals surface area contributed by atoms with Crippen LogP contribution in [-0.2, 0) is 0 Å². The number of halogens is 1. The molecule has 4 heterocycles. The first-order chi connectivity index (χ1) is 16.6. The van der Waals surface area contributed by atoms with Crippen LogP contribution in [0.4, 0.5) is 0 Å². The van der Waals surface area contributed by atoms with Crippen molar-refractivity contribution < 1.29 is 14.3 Å². The summed E-state index contributed by atoms with van der Waals surface area (Å²) in [5, 5.41) is 13.3. The smallest absolute Gasteiger partial charge is 0.299 e. The van der Waals surface area contributed by atoms with E-state index in [-0.39, 0.29) is 5.52 Å². The highest BCUT2D eigenvalue weighted by atomic mass is 35.5. The van der Waals surface area contributed by atoms with Crippen LogP contribution in [-0.4, -0.2) is 43.6 Å². The summed E-state index contributed by atoms with van der Waals surface area (Å²) in [6.07, 6.45) is 3.09. The minimum absolute atomic E-state index is 0.0539. The SMILES string of the molecule is O=C(Nn1ccc2c(nnc3c(-c4cccc(Cl)c4)cnn32)c1=O)c1ccc2c(c1)OCCO2. The average Bonchev–Trinajstić information content (AvgIpc) is 3.30. The number of fused-ring (bicyclic) bond motifs is 4. The van der Waals surface area contributed by atoms with Crippen LogP contribution in [0.3, 0.4) is 0 Å². The molecule has 0 saturated heterocycles. The minimum atomic E-state index is -0.544. The lowest BCUT2D eigenvalue weighted by Gasteiger charge is -2.18. The molecule has 5 aromatic rings. The van der Waals surface area contributed by atoms with Gasteiger partial charge in [-0.05, 0) is 42.0 Å². The number of pyridine rings is 1. The number of hydrogen-bond acceptors (Lipinski definition) is 7. The van der Waals surface area contributed by atoms with Crippen LogP contribution in [0.2, 0.25) is 5.02 Å². The summed E-state index contributed by atoms with van der Waals surface area (Å²) in [4.78, 5) is 25.8. The number of carbonyl (C=O) groups excluding carboxylic acids is 1. The Bertz CT molecular complexity index is 1660. The topological polar surface area (TPSA) is 113 Å². The van der Waals surface area contributed by atoms with E-state index in [0.717, 1.165) is 15.8 Å². The molecule has 0 aliphatic carbocycles. The predicted octanol–water partition coefficient (Wildman–Crippen LogP) is 2.91. The van der Waals surface area contributed by atoms with Crippen LogP contribution < -0.4 is 20.5 Å². The molecule has 6 rings (SSSR count). The van der Waals surface area contributed by atoms with E-state index in [1.54, 1.807) is 42.6 Å². The van der Waals surface area contributed by atoms with Crippen molar-refractivity contribution >= 4 is 34.2 Å². The Morgan fingerprint density at radius 1 is 1.03 bits per heavy atom. The molecule has 10 nitrogen and oxygen atoms in total. The maximum Gasteiger partial charge on any atom is 0.299 e. The second-order valence-corrected chi connectivity index (χ2v) is 7.96. The molecule has 0 spiro atoms. The molecule has 0 bridgehead atoms. The molecule has 1 aliphatic rings. The number of hydrogen-bond donors (Lipinski definition) is 1. The van der Waals surface area contributed by atoms with Gasteiger partial charge in [0.15, 0.2) is 22.7 Å². The van der Waals surface area contributed by atoms with Gasteiger partial charge < -0.3 is 9.47 Å². The first kappa shape index (κ1) is 20.2. The molecule has 1 amide bonds. The van der Waals surface area contributed by atoms with Gasteiger partial charge in [0.1, 0.15) is 18.7 Å². The lowest BCUT2D eigenvalue weighted by molar-refractivity contribution is 0.101. The van der Waals surface area contributed by atoms with E-state index >= 15 is 0 Å². The second-order valence-electron chi connectivity index (χ2n) is 7.53. The molecule has 2 aromatic carbocycles. The molecule has 3 aromatic heterocycles. The highest BCUT2D eigenvalue weighted by Crippen LogP contribution is 2.31. The van der Waals surface area contributed by atoms with Gasteiger partial charge >= 0.3 is 0 Å². The molecule has 168 valence electrons. The molecule has 1 N–H and O–H groups in total. The van der Waals surface area contributed by atoms with Gasteiger partial charge in [-0.25, -0.2) is 9.19 Å². The quantitative estimate of drug-likeness (QED) is 0.427. The van der Waals surface area contributed by atoms with E-state index in [4.69, 9.17) is 21.1 Å². The van der Waals surface area contributed by atoms with Crippen LogP contribution in [0.1, 0.15) is 10.4 Å². The molecule has 0 saturated carbocycles. The van der Waals surface area contributed by atoms with E-state index in [9.17, 15) is 9.59 Å². The Labute approximate surface area is 196 Å². The van der Waals surface area contributed by atoms with Crippen molar-refractivity contribution in [3.63, 3.8) is 0 Å². The molecule has 0 unspecified atom stereocenters. The van der Waals surface area contributed by atoms with Crippen molar-refractivity contribution in [2.24, 2.45) is 0 Å². The molecule has 34 heavy (non-hydrogen) atoms. The van der Waals surface area contributed by atoms with Gasteiger partial charge in [-0.2, -0.15) is 5.10 Å². The first-order valence-corrected chi connectivity index (χ1v) is 10.7. The molecule has 0 atom stereocenters. The van der Waals surface area contributed by atoms with Crippen molar-refractivity contribution in [2.75, 3.05) is 18.6 Å². The normalized spacial score (nSPS) is 12.7.